The summed E-state index contributed by atoms with van der Waals surface area (Å²) in [5, 5.41) is 3.59. The van der Waals surface area contributed by atoms with Crippen molar-refractivity contribution in [1.29, 1.82) is 0 Å². The van der Waals surface area contributed by atoms with Crippen molar-refractivity contribution in [2.45, 2.75) is 51.6 Å². The number of esters is 1. The van der Waals surface area contributed by atoms with Crippen LogP contribution in [0.4, 0.5) is 0 Å². The van der Waals surface area contributed by atoms with Crippen LogP contribution in [0.2, 0.25) is 0 Å². The van der Waals surface area contributed by atoms with Crippen LogP contribution in [0.15, 0.2) is 24.4 Å². The zero-order chi connectivity index (χ0) is 14.4. The van der Waals surface area contributed by atoms with Gasteiger partial charge >= 0.3 is 5.97 Å². The Bertz CT molecular complexity index is 422. The fourth-order valence-electron chi connectivity index (χ4n) is 2.89. The molecule has 0 bridgehead atoms. The Labute approximate surface area is 120 Å². The molecule has 1 N–H and O–H groups in total. The topological polar surface area (TPSA) is 51.2 Å². The van der Waals surface area contributed by atoms with E-state index in [4.69, 9.17) is 4.74 Å². The maximum atomic E-state index is 11.8. The van der Waals surface area contributed by atoms with E-state index in [2.05, 4.69) is 17.2 Å². The second-order valence-corrected chi connectivity index (χ2v) is 5.46. The van der Waals surface area contributed by atoms with Crippen LogP contribution in [0.3, 0.4) is 0 Å². The Morgan fingerprint density at radius 3 is 3.05 bits per heavy atom. The molecule has 0 spiro atoms. The van der Waals surface area contributed by atoms with Gasteiger partial charge in [0.25, 0.3) is 0 Å². The van der Waals surface area contributed by atoms with Gasteiger partial charge in [0.2, 0.25) is 0 Å². The molecule has 0 aliphatic heterocycles. The van der Waals surface area contributed by atoms with Crippen molar-refractivity contribution < 1.29 is 9.53 Å². The lowest BCUT2D eigenvalue weighted by Crippen LogP contribution is -2.38. The highest BCUT2D eigenvalue weighted by Gasteiger charge is 2.28. The van der Waals surface area contributed by atoms with Gasteiger partial charge in [0.05, 0.1) is 18.2 Å². The highest BCUT2D eigenvalue weighted by atomic mass is 16.5. The number of rotatable bonds is 5. The summed E-state index contributed by atoms with van der Waals surface area (Å²) in [6, 6.07) is 6.54. The van der Waals surface area contributed by atoms with Gasteiger partial charge in [0.15, 0.2) is 0 Å². The molecule has 110 valence electrons. The standard InChI is InChI=1S/C16H24N2O2/c1-3-20-16(19)13-7-6-8-14(11-13)18-12(2)15-9-4-5-10-17-15/h4-5,9-10,12-14,18H,3,6-8,11H2,1-2H3/t12-,13?,14?/m0/s1. The smallest absolute Gasteiger partial charge is 0.308 e. The first-order valence-electron chi connectivity index (χ1n) is 7.54. The molecule has 0 amide bonds. The number of aromatic nitrogens is 1. The average Bonchev–Trinajstić information content (AvgIpc) is 2.48. The maximum absolute atomic E-state index is 11.8. The normalized spacial score (nSPS) is 24.1. The predicted octanol–water partition coefficient (Wildman–Crippen LogP) is 2.85. The predicted molar refractivity (Wildman–Crippen MR) is 78.2 cm³/mol. The monoisotopic (exact) mass is 276 g/mol. The average molecular weight is 276 g/mol. The molecule has 1 heterocycles. The quantitative estimate of drug-likeness (QED) is 0.840. The zero-order valence-electron chi connectivity index (χ0n) is 12.3. The summed E-state index contributed by atoms with van der Waals surface area (Å²) in [5.41, 5.74) is 1.05. The minimum Gasteiger partial charge on any atom is -0.466 e. The Hall–Kier alpha value is -1.42. The van der Waals surface area contributed by atoms with Crippen molar-refractivity contribution in [2.75, 3.05) is 6.61 Å². The summed E-state index contributed by atoms with van der Waals surface area (Å²) in [5.74, 6) is 0.0154. The van der Waals surface area contributed by atoms with Gasteiger partial charge in [-0.15, -0.1) is 0 Å². The minimum atomic E-state index is -0.0375. The van der Waals surface area contributed by atoms with E-state index in [0.717, 1.165) is 31.4 Å². The lowest BCUT2D eigenvalue weighted by molar-refractivity contribution is -0.149. The van der Waals surface area contributed by atoms with Crippen molar-refractivity contribution in [3.05, 3.63) is 30.1 Å². The number of hydrogen-bond acceptors (Lipinski definition) is 4. The van der Waals surface area contributed by atoms with Crippen LogP contribution in [-0.2, 0) is 9.53 Å². The number of ether oxygens (including phenoxy) is 1. The largest absolute Gasteiger partial charge is 0.466 e. The third kappa shape index (κ3) is 4.04. The van der Waals surface area contributed by atoms with Crippen molar-refractivity contribution in [1.82, 2.24) is 10.3 Å². The third-order valence-electron chi connectivity index (χ3n) is 3.91. The molecule has 0 saturated heterocycles. The molecule has 4 heteroatoms. The number of carbonyl (C=O) groups is 1. The Morgan fingerprint density at radius 2 is 2.35 bits per heavy atom. The fraction of sp³-hybridized carbons (Fsp3) is 0.625. The highest BCUT2D eigenvalue weighted by Crippen LogP contribution is 2.27. The second-order valence-electron chi connectivity index (χ2n) is 5.46. The molecule has 0 radical (unpaired) electrons. The van der Waals surface area contributed by atoms with E-state index in [1.54, 1.807) is 0 Å². The van der Waals surface area contributed by atoms with Crippen LogP contribution < -0.4 is 5.32 Å². The molecule has 4 nitrogen and oxygen atoms in total. The molecule has 1 fully saturated rings. The second kappa shape index (κ2) is 7.39. The van der Waals surface area contributed by atoms with Gasteiger partial charge in [-0.1, -0.05) is 12.5 Å². The Morgan fingerprint density at radius 1 is 1.50 bits per heavy atom. The van der Waals surface area contributed by atoms with Gasteiger partial charge in [0, 0.05) is 18.3 Å². The van der Waals surface area contributed by atoms with Crippen molar-refractivity contribution >= 4 is 5.97 Å². The summed E-state index contributed by atoms with van der Waals surface area (Å²) in [7, 11) is 0. The Balaban J connectivity index is 1.88. The molecule has 1 aromatic rings. The molecule has 3 atom stereocenters. The number of nitrogens with one attached hydrogen (secondary N) is 1. The van der Waals surface area contributed by atoms with Crippen LogP contribution >= 0.6 is 0 Å². The van der Waals surface area contributed by atoms with Crippen LogP contribution in [0.5, 0.6) is 0 Å². The minimum absolute atomic E-state index is 0.0375. The number of carbonyl (C=O) groups excluding carboxylic acids is 1. The van der Waals surface area contributed by atoms with E-state index >= 15 is 0 Å². The van der Waals surface area contributed by atoms with Gasteiger partial charge < -0.3 is 10.1 Å². The van der Waals surface area contributed by atoms with E-state index in [1.807, 2.05) is 31.3 Å². The molecular weight excluding hydrogens is 252 g/mol. The summed E-state index contributed by atoms with van der Waals surface area (Å²) in [4.78, 5) is 16.2. The molecule has 1 aliphatic carbocycles. The van der Waals surface area contributed by atoms with E-state index in [-0.39, 0.29) is 17.9 Å². The fourth-order valence-corrected chi connectivity index (χ4v) is 2.89. The molecule has 2 rings (SSSR count). The van der Waals surface area contributed by atoms with Gasteiger partial charge in [-0.2, -0.15) is 0 Å². The lowest BCUT2D eigenvalue weighted by Gasteiger charge is -2.30. The highest BCUT2D eigenvalue weighted by molar-refractivity contribution is 5.72. The number of nitrogens with zero attached hydrogens (tertiary/aromatic N) is 1. The van der Waals surface area contributed by atoms with Gasteiger partial charge in [-0.3, -0.25) is 9.78 Å². The molecular formula is C16H24N2O2. The third-order valence-corrected chi connectivity index (χ3v) is 3.91. The lowest BCUT2D eigenvalue weighted by atomic mass is 9.85. The summed E-state index contributed by atoms with van der Waals surface area (Å²) >= 11 is 0. The van der Waals surface area contributed by atoms with Crippen LogP contribution in [0.1, 0.15) is 51.3 Å². The zero-order valence-corrected chi connectivity index (χ0v) is 12.3. The van der Waals surface area contributed by atoms with Crippen LogP contribution in [-0.4, -0.2) is 23.6 Å². The van der Waals surface area contributed by atoms with E-state index in [1.165, 1.54) is 0 Å². The number of pyridine rings is 1. The number of hydrogen-bond donors (Lipinski definition) is 1. The maximum Gasteiger partial charge on any atom is 0.308 e. The first-order chi connectivity index (χ1) is 9.70. The van der Waals surface area contributed by atoms with Crippen molar-refractivity contribution in [3.63, 3.8) is 0 Å². The van der Waals surface area contributed by atoms with Crippen LogP contribution in [0.25, 0.3) is 0 Å². The first-order valence-corrected chi connectivity index (χ1v) is 7.54. The summed E-state index contributed by atoms with van der Waals surface area (Å²) < 4.78 is 5.14. The molecule has 1 aliphatic rings. The van der Waals surface area contributed by atoms with Crippen molar-refractivity contribution in [2.24, 2.45) is 5.92 Å². The van der Waals surface area contributed by atoms with Crippen molar-refractivity contribution in [3.8, 4) is 0 Å². The molecule has 2 unspecified atom stereocenters. The first kappa shape index (κ1) is 15.0. The molecule has 1 saturated carbocycles. The molecule has 0 aromatic carbocycles. The van der Waals surface area contributed by atoms with Gasteiger partial charge in [-0.05, 0) is 45.2 Å². The summed E-state index contributed by atoms with van der Waals surface area (Å²) in [6.07, 6.45) is 5.84. The van der Waals surface area contributed by atoms with E-state index in [9.17, 15) is 4.79 Å². The molecule has 1 aromatic heterocycles. The van der Waals surface area contributed by atoms with E-state index < -0.39 is 0 Å². The van der Waals surface area contributed by atoms with Gasteiger partial charge in [0.1, 0.15) is 0 Å². The van der Waals surface area contributed by atoms with Gasteiger partial charge in [-0.25, -0.2) is 0 Å². The summed E-state index contributed by atoms with van der Waals surface area (Å²) in [6.45, 7) is 4.45. The SMILES string of the molecule is CCOC(=O)C1CCCC(N[C@@H](C)c2ccccn2)C1. The van der Waals surface area contributed by atoms with Crippen LogP contribution in [0, 0.1) is 5.92 Å². The Kier molecular flexibility index (Phi) is 5.53. The molecule has 20 heavy (non-hydrogen) atoms. The van der Waals surface area contributed by atoms with E-state index in [0.29, 0.717) is 12.6 Å².